The minimum absolute atomic E-state index is 0.0317. The van der Waals surface area contributed by atoms with Gasteiger partial charge < -0.3 is 15.0 Å². The van der Waals surface area contributed by atoms with E-state index in [4.69, 9.17) is 9.72 Å². The number of nitrogens with zero attached hydrogens (tertiary/aromatic N) is 6. The molecule has 192 valence electrons. The van der Waals surface area contributed by atoms with Gasteiger partial charge in [0.1, 0.15) is 11.4 Å². The van der Waals surface area contributed by atoms with Gasteiger partial charge in [-0.25, -0.2) is 18.3 Å². The van der Waals surface area contributed by atoms with E-state index < -0.39 is 18.0 Å². The molecule has 0 bridgehead atoms. The van der Waals surface area contributed by atoms with Crippen molar-refractivity contribution in [2.45, 2.75) is 69.9 Å². The summed E-state index contributed by atoms with van der Waals surface area (Å²) in [5.74, 6) is 0.848. The zero-order valence-corrected chi connectivity index (χ0v) is 20.4. The molecule has 1 amide bonds. The molecule has 4 heterocycles. The number of hydrogen-bond acceptors (Lipinski definition) is 6. The smallest absolute Gasteiger partial charge is 0.284 e. The van der Waals surface area contributed by atoms with Crippen LogP contribution >= 0.6 is 0 Å². The maximum Gasteiger partial charge on any atom is 0.284 e. The Labute approximate surface area is 207 Å². The van der Waals surface area contributed by atoms with Gasteiger partial charge in [-0.05, 0) is 56.9 Å². The average molecular weight is 500 g/mol. The van der Waals surface area contributed by atoms with E-state index in [2.05, 4.69) is 27.3 Å². The van der Waals surface area contributed by atoms with Crippen molar-refractivity contribution in [3.63, 3.8) is 0 Å². The standard InChI is InChI=1S/C25H31F2N7O2/c1-16-3-5-17(6-4-16)34-14-19(21(31-34)22(26)27)29-24(35)18-13-28-33-10-7-20(30-23(18)33)32-11-12-36-25(15-32)8-2-9-25/h7,10,13-14,16-17,22H,2-6,8-9,11-12,15H2,1H3,(H,29,35). The zero-order valence-electron chi connectivity index (χ0n) is 20.4. The molecule has 3 fully saturated rings. The normalized spacial score (nSPS) is 23.8. The van der Waals surface area contributed by atoms with Crippen molar-refractivity contribution in [2.75, 3.05) is 29.9 Å². The lowest BCUT2D eigenvalue weighted by atomic mass is 9.79. The molecular weight excluding hydrogens is 468 g/mol. The fourth-order valence-corrected chi connectivity index (χ4v) is 5.66. The van der Waals surface area contributed by atoms with Gasteiger partial charge in [0, 0.05) is 25.5 Å². The maximum atomic E-state index is 13.8. The van der Waals surface area contributed by atoms with Crippen molar-refractivity contribution < 1.29 is 18.3 Å². The third-order valence-electron chi connectivity index (χ3n) is 8.01. The number of morpholine rings is 1. The van der Waals surface area contributed by atoms with Crippen LogP contribution < -0.4 is 10.2 Å². The van der Waals surface area contributed by atoms with Crippen LogP contribution in [0.2, 0.25) is 0 Å². The highest BCUT2D eigenvalue weighted by atomic mass is 19.3. The van der Waals surface area contributed by atoms with Gasteiger partial charge in [0.15, 0.2) is 11.3 Å². The molecule has 0 unspecified atom stereocenters. The van der Waals surface area contributed by atoms with Crippen LogP contribution in [0.4, 0.5) is 20.3 Å². The Bertz CT molecular complexity index is 1260. The van der Waals surface area contributed by atoms with Crippen molar-refractivity contribution in [3.05, 3.63) is 35.9 Å². The Kier molecular flexibility index (Phi) is 5.89. The molecule has 0 radical (unpaired) electrons. The van der Waals surface area contributed by atoms with E-state index in [1.54, 1.807) is 10.9 Å². The summed E-state index contributed by atoms with van der Waals surface area (Å²) in [5.41, 5.74) is 0.138. The number of carbonyl (C=O) groups is 1. The van der Waals surface area contributed by atoms with E-state index in [1.807, 2.05) is 6.07 Å². The van der Waals surface area contributed by atoms with E-state index in [0.29, 0.717) is 18.2 Å². The number of alkyl halides is 2. The fourth-order valence-electron chi connectivity index (χ4n) is 5.66. The summed E-state index contributed by atoms with van der Waals surface area (Å²) < 4.78 is 36.7. The van der Waals surface area contributed by atoms with Crippen molar-refractivity contribution in [2.24, 2.45) is 5.92 Å². The third-order valence-corrected chi connectivity index (χ3v) is 8.01. The summed E-state index contributed by atoms with van der Waals surface area (Å²) in [6, 6.07) is 1.95. The average Bonchev–Trinajstić information content (AvgIpc) is 3.48. The minimum Gasteiger partial charge on any atom is -0.371 e. The molecule has 2 aliphatic carbocycles. The van der Waals surface area contributed by atoms with Gasteiger partial charge >= 0.3 is 0 Å². The van der Waals surface area contributed by atoms with E-state index in [-0.39, 0.29) is 22.9 Å². The van der Waals surface area contributed by atoms with Crippen LogP contribution in [0.25, 0.3) is 5.65 Å². The van der Waals surface area contributed by atoms with Crippen molar-refractivity contribution in [1.82, 2.24) is 24.4 Å². The number of nitrogens with one attached hydrogen (secondary N) is 1. The van der Waals surface area contributed by atoms with Crippen LogP contribution in [0.3, 0.4) is 0 Å². The first kappa shape index (κ1) is 23.3. The monoisotopic (exact) mass is 499 g/mol. The highest BCUT2D eigenvalue weighted by molar-refractivity contribution is 6.08. The number of fused-ring (bicyclic) bond motifs is 1. The number of halogens is 2. The molecule has 3 aromatic heterocycles. The Morgan fingerprint density at radius 1 is 1.25 bits per heavy atom. The first-order valence-corrected chi connectivity index (χ1v) is 12.8. The molecule has 1 aliphatic heterocycles. The second-order valence-corrected chi connectivity index (χ2v) is 10.5. The van der Waals surface area contributed by atoms with Crippen LogP contribution in [0, 0.1) is 5.92 Å². The molecule has 6 rings (SSSR count). The summed E-state index contributed by atoms with van der Waals surface area (Å²) in [5, 5.41) is 11.1. The summed E-state index contributed by atoms with van der Waals surface area (Å²) in [7, 11) is 0. The molecule has 3 aliphatic rings. The van der Waals surface area contributed by atoms with Gasteiger partial charge in [0.05, 0.1) is 30.1 Å². The van der Waals surface area contributed by atoms with E-state index in [1.165, 1.54) is 23.3 Å². The number of anilines is 2. The zero-order chi connectivity index (χ0) is 24.9. The van der Waals surface area contributed by atoms with Gasteiger partial charge in [-0.1, -0.05) is 6.92 Å². The Morgan fingerprint density at radius 3 is 2.78 bits per heavy atom. The number of ether oxygens (including phenoxy) is 1. The lowest BCUT2D eigenvalue weighted by Crippen LogP contribution is -2.56. The lowest BCUT2D eigenvalue weighted by Gasteiger charge is -2.48. The molecule has 11 heteroatoms. The summed E-state index contributed by atoms with van der Waals surface area (Å²) in [6.07, 6.45) is 9.06. The summed E-state index contributed by atoms with van der Waals surface area (Å²) in [6.45, 7) is 4.33. The van der Waals surface area contributed by atoms with Crippen LogP contribution in [0.1, 0.15) is 80.4 Å². The van der Waals surface area contributed by atoms with E-state index in [0.717, 1.165) is 57.4 Å². The number of rotatable bonds is 5. The summed E-state index contributed by atoms with van der Waals surface area (Å²) >= 11 is 0. The largest absolute Gasteiger partial charge is 0.371 e. The van der Waals surface area contributed by atoms with Crippen molar-refractivity contribution in [1.29, 1.82) is 0 Å². The quantitative estimate of drug-likeness (QED) is 0.551. The molecule has 36 heavy (non-hydrogen) atoms. The SMILES string of the molecule is CC1CCC(n2cc(NC(=O)c3cnn4ccc(N5CCOC6(CCC6)C5)nc34)c(C(F)F)n2)CC1. The number of aromatic nitrogens is 5. The molecule has 0 aromatic carbocycles. The van der Waals surface area contributed by atoms with Gasteiger partial charge in [-0.2, -0.15) is 10.2 Å². The number of carbonyl (C=O) groups excluding carboxylic acids is 1. The highest BCUT2D eigenvalue weighted by Gasteiger charge is 2.42. The fraction of sp³-hybridized carbons (Fsp3) is 0.600. The molecule has 2 saturated carbocycles. The topological polar surface area (TPSA) is 89.6 Å². The number of amides is 1. The number of hydrogen-bond donors (Lipinski definition) is 1. The molecule has 1 N–H and O–H groups in total. The first-order valence-electron chi connectivity index (χ1n) is 12.8. The predicted molar refractivity (Wildman–Crippen MR) is 130 cm³/mol. The second kappa shape index (κ2) is 9.10. The molecule has 0 atom stereocenters. The molecule has 3 aromatic rings. The lowest BCUT2D eigenvalue weighted by molar-refractivity contribution is -0.106. The summed E-state index contributed by atoms with van der Waals surface area (Å²) in [4.78, 5) is 20.1. The van der Waals surface area contributed by atoms with Gasteiger partial charge in [0.25, 0.3) is 12.3 Å². The van der Waals surface area contributed by atoms with Gasteiger partial charge in [-0.15, -0.1) is 0 Å². The molecule has 1 saturated heterocycles. The third kappa shape index (κ3) is 4.23. The Balaban J connectivity index is 1.24. The molecule has 1 spiro atoms. The molecule has 9 nitrogen and oxygen atoms in total. The first-order chi connectivity index (χ1) is 17.4. The maximum absolute atomic E-state index is 13.8. The van der Waals surface area contributed by atoms with Gasteiger partial charge in [-0.3, -0.25) is 9.48 Å². The van der Waals surface area contributed by atoms with Crippen molar-refractivity contribution >= 4 is 23.1 Å². The predicted octanol–water partition coefficient (Wildman–Crippen LogP) is 4.63. The second-order valence-electron chi connectivity index (χ2n) is 10.5. The Hall–Kier alpha value is -3.08. The van der Waals surface area contributed by atoms with E-state index in [9.17, 15) is 13.6 Å². The van der Waals surface area contributed by atoms with Gasteiger partial charge in [0.2, 0.25) is 0 Å². The van der Waals surface area contributed by atoms with Crippen molar-refractivity contribution in [3.8, 4) is 0 Å². The van der Waals surface area contributed by atoms with E-state index >= 15 is 0 Å². The molecular formula is C25H31F2N7O2. The minimum atomic E-state index is -2.79. The Morgan fingerprint density at radius 2 is 2.06 bits per heavy atom. The van der Waals surface area contributed by atoms with Crippen LogP contribution in [0.15, 0.2) is 24.7 Å². The van der Waals surface area contributed by atoms with Crippen LogP contribution in [-0.2, 0) is 4.74 Å². The van der Waals surface area contributed by atoms with Crippen LogP contribution in [0.5, 0.6) is 0 Å². The highest BCUT2D eigenvalue weighted by Crippen LogP contribution is 2.39. The van der Waals surface area contributed by atoms with Crippen LogP contribution in [-0.4, -0.2) is 55.6 Å².